The van der Waals surface area contributed by atoms with Crippen molar-refractivity contribution >= 4 is 16.0 Å². The molecule has 1 atom stereocenters. The molecule has 1 aromatic carbocycles. The van der Waals surface area contributed by atoms with Gasteiger partial charge in [-0.1, -0.05) is 37.3 Å². The fraction of sp³-hybridized carbons (Fsp3) is 0.462. The first-order valence-electron chi connectivity index (χ1n) is 6.18. The fourth-order valence-electron chi connectivity index (χ4n) is 1.69. The second-order valence-corrected chi connectivity index (χ2v) is 6.25. The molecule has 0 radical (unpaired) electrons. The van der Waals surface area contributed by atoms with Crippen molar-refractivity contribution in [1.29, 1.82) is 0 Å². The number of sulfonamides is 1. The maximum atomic E-state index is 11.9. The second-order valence-electron chi connectivity index (χ2n) is 4.38. The first-order valence-corrected chi connectivity index (χ1v) is 7.84. The molecule has 0 aromatic heterocycles. The van der Waals surface area contributed by atoms with Gasteiger partial charge in [0.05, 0.1) is 12.2 Å². The van der Waals surface area contributed by atoms with Gasteiger partial charge in [-0.15, -0.1) is 0 Å². The summed E-state index contributed by atoms with van der Waals surface area (Å²) in [5.74, 6) is -1.04. The van der Waals surface area contributed by atoms with Crippen molar-refractivity contribution in [2.24, 2.45) is 0 Å². The lowest BCUT2D eigenvalue weighted by molar-refractivity contribution is -0.137. The van der Waals surface area contributed by atoms with Crippen LogP contribution in [0.1, 0.15) is 25.3 Å². The molecule has 2 N–H and O–H groups in total. The second kappa shape index (κ2) is 7.25. The molecule has 0 saturated carbocycles. The van der Waals surface area contributed by atoms with Gasteiger partial charge in [0.15, 0.2) is 0 Å². The van der Waals surface area contributed by atoms with E-state index in [9.17, 15) is 13.2 Å². The van der Waals surface area contributed by atoms with Crippen molar-refractivity contribution in [3.63, 3.8) is 0 Å². The van der Waals surface area contributed by atoms with Gasteiger partial charge in [0.1, 0.15) is 0 Å². The first-order chi connectivity index (χ1) is 8.93. The molecule has 0 bridgehead atoms. The Bertz CT molecular complexity index is 499. The Morgan fingerprint density at radius 2 is 1.95 bits per heavy atom. The lowest BCUT2D eigenvalue weighted by atomic mass is 10.2. The van der Waals surface area contributed by atoms with Gasteiger partial charge in [0.2, 0.25) is 10.0 Å². The molecule has 0 aliphatic rings. The number of rotatable bonds is 8. The van der Waals surface area contributed by atoms with E-state index in [4.69, 9.17) is 5.11 Å². The van der Waals surface area contributed by atoms with Crippen molar-refractivity contribution in [2.45, 2.75) is 32.2 Å². The van der Waals surface area contributed by atoms with Gasteiger partial charge >= 0.3 is 5.97 Å². The molecule has 6 heteroatoms. The summed E-state index contributed by atoms with van der Waals surface area (Å²) < 4.78 is 26.1. The molecule has 0 aliphatic heterocycles. The predicted molar refractivity (Wildman–Crippen MR) is 73.4 cm³/mol. The molecule has 0 amide bonds. The van der Waals surface area contributed by atoms with Crippen molar-refractivity contribution in [3.8, 4) is 0 Å². The molecule has 19 heavy (non-hydrogen) atoms. The third kappa shape index (κ3) is 6.35. The average Bonchev–Trinajstić information content (AvgIpc) is 2.36. The van der Waals surface area contributed by atoms with E-state index in [1.807, 2.05) is 30.3 Å². The molecule has 5 nitrogen and oxygen atoms in total. The molecule has 0 heterocycles. The Balaban J connectivity index is 2.53. The number of aliphatic carboxylic acids is 1. The molecule has 1 rings (SSSR count). The molecular weight excluding hydrogens is 266 g/mol. The van der Waals surface area contributed by atoms with Crippen molar-refractivity contribution < 1.29 is 18.3 Å². The van der Waals surface area contributed by atoms with Gasteiger partial charge in [0, 0.05) is 6.04 Å². The fourth-order valence-corrected chi connectivity index (χ4v) is 3.07. The molecule has 0 spiro atoms. The van der Waals surface area contributed by atoms with Crippen LogP contribution in [0.5, 0.6) is 0 Å². The van der Waals surface area contributed by atoms with Crippen LogP contribution in [0.25, 0.3) is 0 Å². The van der Waals surface area contributed by atoms with Crippen LogP contribution in [0, 0.1) is 0 Å². The molecule has 106 valence electrons. The van der Waals surface area contributed by atoms with Crippen LogP contribution >= 0.6 is 0 Å². The number of carboxylic acids is 1. The Morgan fingerprint density at radius 1 is 1.32 bits per heavy atom. The standard InChI is InChI=1S/C13H19NO4S/c1-2-12(10-13(15)16)14-19(17,18)9-8-11-6-4-3-5-7-11/h3-7,12,14H,2,8-10H2,1H3,(H,15,16). The van der Waals surface area contributed by atoms with Crippen molar-refractivity contribution in [3.05, 3.63) is 35.9 Å². The van der Waals surface area contributed by atoms with Crippen LogP contribution in [0.3, 0.4) is 0 Å². The average molecular weight is 285 g/mol. The van der Waals surface area contributed by atoms with Crippen LogP contribution in [0.2, 0.25) is 0 Å². The van der Waals surface area contributed by atoms with Gasteiger partial charge in [-0.2, -0.15) is 0 Å². The van der Waals surface area contributed by atoms with Gasteiger partial charge in [-0.05, 0) is 18.4 Å². The summed E-state index contributed by atoms with van der Waals surface area (Å²) in [6.07, 6.45) is 0.678. The van der Waals surface area contributed by atoms with E-state index in [0.29, 0.717) is 12.8 Å². The highest BCUT2D eigenvalue weighted by Gasteiger charge is 2.18. The SMILES string of the molecule is CCC(CC(=O)O)NS(=O)(=O)CCc1ccccc1. The van der Waals surface area contributed by atoms with Crippen LogP contribution in [-0.2, 0) is 21.2 Å². The third-order valence-electron chi connectivity index (χ3n) is 2.76. The van der Waals surface area contributed by atoms with E-state index in [2.05, 4.69) is 4.72 Å². The highest BCUT2D eigenvalue weighted by atomic mass is 32.2. The monoisotopic (exact) mass is 285 g/mol. The lowest BCUT2D eigenvalue weighted by Gasteiger charge is -2.15. The first kappa shape index (κ1) is 15.7. The number of hydrogen-bond acceptors (Lipinski definition) is 3. The zero-order valence-electron chi connectivity index (χ0n) is 10.9. The van der Waals surface area contributed by atoms with E-state index in [0.717, 1.165) is 5.56 Å². The summed E-state index contributed by atoms with van der Waals surface area (Å²) in [4.78, 5) is 10.6. The molecule has 0 saturated heterocycles. The Hall–Kier alpha value is -1.40. The Kier molecular flexibility index (Phi) is 5.98. The number of carbonyl (C=O) groups is 1. The van der Waals surface area contributed by atoms with E-state index >= 15 is 0 Å². The van der Waals surface area contributed by atoms with Crippen LogP contribution in [-0.4, -0.2) is 31.3 Å². The van der Waals surface area contributed by atoms with Crippen LogP contribution in [0.15, 0.2) is 30.3 Å². The van der Waals surface area contributed by atoms with E-state index in [-0.39, 0.29) is 12.2 Å². The quantitative estimate of drug-likeness (QED) is 0.756. The summed E-state index contributed by atoms with van der Waals surface area (Å²) >= 11 is 0. The number of aryl methyl sites for hydroxylation is 1. The Morgan fingerprint density at radius 3 is 2.47 bits per heavy atom. The maximum Gasteiger partial charge on any atom is 0.304 e. The van der Waals surface area contributed by atoms with Crippen LogP contribution in [0.4, 0.5) is 0 Å². The summed E-state index contributed by atoms with van der Waals surface area (Å²) in [5, 5.41) is 8.68. The van der Waals surface area contributed by atoms with Gasteiger partial charge in [-0.25, -0.2) is 13.1 Å². The minimum absolute atomic E-state index is 0.0346. The van der Waals surface area contributed by atoms with E-state index in [1.54, 1.807) is 6.92 Å². The summed E-state index contributed by atoms with van der Waals surface area (Å²) in [5.41, 5.74) is 0.944. The lowest BCUT2D eigenvalue weighted by Crippen LogP contribution is -2.37. The number of carboxylic acid groups (broad SMARTS) is 1. The summed E-state index contributed by atoms with van der Waals surface area (Å²) in [6, 6.07) is 8.77. The largest absolute Gasteiger partial charge is 0.481 e. The number of benzene rings is 1. The molecule has 1 unspecified atom stereocenters. The van der Waals surface area contributed by atoms with E-state index < -0.39 is 22.0 Å². The smallest absolute Gasteiger partial charge is 0.304 e. The molecule has 0 aliphatic carbocycles. The summed E-state index contributed by atoms with van der Waals surface area (Å²) in [6.45, 7) is 1.76. The summed E-state index contributed by atoms with van der Waals surface area (Å²) in [7, 11) is -3.45. The highest BCUT2D eigenvalue weighted by Crippen LogP contribution is 2.04. The molecular formula is C13H19NO4S. The molecule has 1 aromatic rings. The predicted octanol–water partition coefficient (Wildman–Crippen LogP) is 1.40. The minimum atomic E-state index is -3.45. The van der Waals surface area contributed by atoms with Crippen molar-refractivity contribution in [2.75, 3.05) is 5.75 Å². The maximum absolute atomic E-state index is 11.9. The van der Waals surface area contributed by atoms with Crippen molar-refractivity contribution in [1.82, 2.24) is 4.72 Å². The van der Waals surface area contributed by atoms with Gasteiger partial charge in [-0.3, -0.25) is 4.79 Å². The number of nitrogens with one attached hydrogen (secondary N) is 1. The van der Waals surface area contributed by atoms with Gasteiger partial charge in [0.25, 0.3) is 0 Å². The molecule has 0 fully saturated rings. The highest BCUT2D eigenvalue weighted by molar-refractivity contribution is 7.89. The zero-order chi connectivity index (χ0) is 14.3. The number of hydrogen-bond donors (Lipinski definition) is 2. The third-order valence-corrected chi connectivity index (χ3v) is 4.20. The Labute approximate surface area is 113 Å². The normalized spacial score (nSPS) is 13.1. The topological polar surface area (TPSA) is 83.5 Å². The van der Waals surface area contributed by atoms with E-state index in [1.165, 1.54) is 0 Å². The van der Waals surface area contributed by atoms with Crippen LogP contribution < -0.4 is 4.72 Å². The minimum Gasteiger partial charge on any atom is -0.481 e. The zero-order valence-corrected chi connectivity index (χ0v) is 11.7. The van der Waals surface area contributed by atoms with Gasteiger partial charge < -0.3 is 5.11 Å².